The summed E-state index contributed by atoms with van der Waals surface area (Å²) in [6.07, 6.45) is 2.68. The summed E-state index contributed by atoms with van der Waals surface area (Å²) < 4.78 is 6.02. The van der Waals surface area contributed by atoms with Crippen molar-refractivity contribution in [2.75, 3.05) is 0 Å². The van der Waals surface area contributed by atoms with Crippen molar-refractivity contribution in [3.63, 3.8) is 0 Å². The minimum Gasteiger partial charge on any atom is -0.438 e. The smallest absolute Gasteiger partial charge is 0.222 e. The second-order valence-electron chi connectivity index (χ2n) is 5.95. The Kier molecular flexibility index (Phi) is 4.63. The van der Waals surface area contributed by atoms with Crippen LogP contribution in [0.4, 0.5) is 0 Å². The maximum Gasteiger partial charge on any atom is 0.222 e. The van der Waals surface area contributed by atoms with Gasteiger partial charge in [-0.25, -0.2) is 4.98 Å². The molecular weight excluding hydrogens is 260 g/mol. The first-order valence-electron chi connectivity index (χ1n) is 7.33. The van der Waals surface area contributed by atoms with Crippen molar-refractivity contribution >= 4 is 0 Å². The largest absolute Gasteiger partial charge is 0.438 e. The number of benzene rings is 1. The van der Waals surface area contributed by atoms with Crippen LogP contribution in [-0.4, -0.2) is 11.0 Å². The lowest BCUT2D eigenvalue weighted by molar-refractivity contribution is 0.454. The molecule has 1 atom stereocenters. The van der Waals surface area contributed by atoms with Crippen molar-refractivity contribution < 1.29 is 4.74 Å². The van der Waals surface area contributed by atoms with Crippen LogP contribution in [0.2, 0.25) is 0 Å². The van der Waals surface area contributed by atoms with Gasteiger partial charge in [0.05, 0.1) is 0 Å². The number of ether oxygens (including phenoxy) is 1. The molecule has 1 aromatic carbocycles. The quantitative estimate of drug-likeness (QED) is 0.923. The predicted octanol–water partition coefficient (Wildman–Crippen LogP) is 4.00. The molecule has 21 heavy (non-hydrogen) atoms. The topological polar surface area (TPSA) is 48.1 Å². The number of rotatable bonds is 4. The van der Waals surface area contributed by atoms with E-state index >= 15 is 0 Å². The molecule has 2 rings (SSSR count). The fraction of sp³-hybridized carbons (Fsp3) is 0.389. The van der Waals surface area contributed by atoms with Gasteiger partial charge in [0, 0.05) is 17.8 Å². The van der Waals surface area contributed by atoms with Crippen molar-refractivity contribution in [3.05, 3.63) is 52.2 Å². The maximum absolute atomic E-state index is 6.02. The number of hydrogen-bond acceptors (Lipinski definition) is 3. The molecule has 2 N–H and O–H groups in total. The van der Waals surface area contributed by atoms with Gasteiger partial charge in [0.2, 0.25) is 5.88 Å². The van der Waals surface area contributed by atoms with E-state index in [9.17, 15) is 0 Å². The van der Waals surface area contributed by atoms with E-state index in [-0.39, 0.29) is 6.04 Å². The molecule has 0 saturated heterocycles. The molecule has 0 spiro atoms. The van der Waals surface area contributed by atoms with Crippen LogP contribution in [0.3, 0.4) is 0 Å². The third-order valence-electron chi connectivity index (χ3n) is 3.62. The number of nitrogens with two attached hydrogens (primary N) is 1. The number of aromatic nitrogens is 1. The lowest BCUT2D eigenvalue weighted by Gasteiger charge is -2.14. The molecule has 3 nitrogen and oxygen atoms in total. The van der Waals surface area contributed by atoms with Gasteiger partial charge in [0.15, 0.2) is 0 Å². The summed E-state index contributed by atoms with van der Waals surface area (Å²) in [5, 5.41) is 0. The highest BCUT2D eigenvalue weighted by Gasteiger charge is 2.09. The molecule has 0 radical (unpaired) electrons. The summed E-state index contributed by atoms with van der Waals surface area (Å²) >= 11 is 0. The van der Waals surface area contributed by atoms with Gasteiger partial charge in [-0.3, -0.25) is 0 Å². The zero-order valence-corrected chi connectivity index (χ0v) is 13.5. The molecule has 2 aromatic rings. The van der Waals surface area contributed by atoms with Gasteiger partial charge in [-0.1, -0.05) is 6.07 Å². The zero-order chi connectivity index (χ0) is 15.6. The Balaban J connectivity index is 2.28. The van der Waals surface area contributed by atoms with E-state index in [0.717, 1.165) is 28.9 Å². The molecule has 3 heteroatoms. The number of nitrogens with zero attached hydrogens (tertiary/aromatic N) is 1. The molecule has 0 aliphatic carbocycles. The third kappa shape index (κ3) is 3.82. The van der Waals surface area contributed by atoms with Crippen LogP contribution in [0.1, 0.15) is 34.7 Å². The Labute approximate surface area is 127 Å². The normalized spacial score (nSPS) is 12.3. The van der Waals surface area contributed by atoms with Crippen molar-refractivity contribution in [2.24, 2.45) is 5.73 Å². The highest BCUT2D eigenvalue weighted by atomic mass is 16.5. The van der Waals surface area contributed by atoms with Gasteiger partial charge in [0.1, 0.15) is 5.75 Å². The maximum atomic E-state index is 6.02. The van der Waals surface area contributed by atoms with E-state index in [4.69, 9.17) is 10.5 Å². The van der Waals surface area contributed by atoms with E-state index in [1.54, 1.807) is 0 Å². The molecule has 1 heterocycles. The minimum absolute atomic E-state index is 0.139. The van der Waals surface area contributed by atoms with Crippen LogP contribution in [-0.2, 0) is 6.42 Å². The third-order valence-corrected chi connectivity index (χ3v) is 3.62. The van der Waals surface area contributed by atoms with Crippen LogP contribution in [0.15, 0.2) is 24.4 Å². The monoisotopic (exact) mass is 284 g/mol. The predicted molar refractivity (Wildman–Crippen MR) is 87.1 cm³/mol. The van der Waals surface area contributed by atoms with Gasteiger partial charge in [-0.05, 0) is 75.4 Å². The Morgan fingerprint density at radius 2 is 1.81 bits per heavy atom. The van der Waals surface area contributed by atoms with E-state index in [1.165, 1.54) is 11.1 Å². The first-order valence-corrected chi connectivity index (χ1v) is 7.33. The van der Waals surface area contributed by atoms with E-state index in [2.05, 4.69) is 44.0 Å². The summed E-state index contributed by atoms with van der Waals surface area (Å²) in [4.78, 5) is 4.45. The Morgan fingerprint density at radius 1 is 1.10 bits per heavy atom. The Bertz CT molecular complexity index is 648. The lowest BCUT2D eigenvalue weighted by Crippen LogP contribution is -2.17. The molecule has 0 aliphatic heterocycles. The van der Waals surface area contributed by atoms with Gasteiger partial charge in [0.25, 0.3) is 0 Å². The van der Waals surface area contributed by atoms with Crippen LogP contribution in [0.25, 0.3) is 0 Å². The van der Waals surface area contributed by atoms with Crippen LogP contribution < -0.4 is 10.5 Å². The van der Waals surface area contributed by atoms with E-state index < -0.39 is 0 Å². The van der Waals surface area contributed by atoms with Gasteiger partial charge < -0.3 is 10.5 Å². The average Bonchev–Trinajstić information content (AvgIpc) is 2.37. The standard InChI is InChI=1S/C18H24N2O/c1-11-6-12(2)15(5)17(7-11)21-18-13(3)8-16(10-20-18)9-14(4)19/h6-8,10,14H,9,19H2,1-5H3. The second kappa shape index (κ2) is 6.27. The van der Waals surface area contributed by atoms with Crippen molar-refractivity contribution in [1.82, 2.24) is 4.98 Å². The van der Waals surface area contributed by atoms with Crippen LogP contribution in [0, 0.1) is 27.7 Å². The molecule has 0 bridgehead atoms. The summed E-state index contributed by atoms with van der Waals surface area (Å²) in [5.41, 5.74) is 11.6. The number of hydrogen-bond donors (Lipinski definition) is 1. The van der Waals surface area contributed by atoms with Crippen LogP contribution >= 0.6 is 0 Å². The van der Waals surface area contributed by atoms with Crippen molar-refractivity contribution in [1.29, 1.82) is 0 Å². The van der Waals surface area contributed by atoms with Gasteiger partial charge in [-0.15, -0.1) is 0 Å². The summed E-state index contributed by atoms with van der Waals surface area (Å²) in [5.74, 6) is 1.54. The number of aryl methyl sites for hydroxylation is 3. The SMILES string of the molecule is Cc1cc(C)c(C)c(Oc2ncc(CC(C)N)cc2C)c1. The fourth-order valence-corrected chi connectivity index (χ4v) is 2.42. The molecule has 1 aromatic heterocycles. The Hall–Kier alpha value is -1.87. The molecule has 0 amide bonds. The summed E-state index contributed by atoms with van der Waals surface area (Å²) in [6, 6.07) is 6.46. The average molecular weight is 284 g/mol. The summed E-state index contributed by atoms with van der Waals surface area (Å²) in [7, 11) is 0. The molecular formula is C18H24N2O. The van der Waals surface area contributed by atoms with Crippen LogP contribution in [0.5, 0.6) is 11.6 Å². The molecule has 0 saturated carbocycles. The highest BCUT2D eigenvalue weighted by molar-refractivity contribution is 5.44. The minimum atomic E-state index is 0.139. The van der Waals surface area contributed by atoms with Gasteiger partial charge in [-0.2, -0.15) is 0 Å². The molecule has 0 aliphatic rings. The lowest BCUT2D eigenvalue weighted by atomic mass is 10.1. The molecule has 0 fully saturated rings. The first-order chi connectivity index (χ1) is 9.86. The highest BCUT2D eigenvalue weighted by Crippen LogP contribution is 2.29. The van der Waals surface area contributed by atoms with E-state index in [1.807, 2.05) is 20.0 Å². The second-order valence-corrected chi connectivity index (χ2v) is 5.95. The van der Waals surface area contributed by atoms with Gasteiger partial charge >= 0.3 is 0 Å². The van der Waals surface area contributed by atoms with E-state index in [0.29, 0.717) is 5.88 Å². The summed E-state index contributed by atoms with van der Waals surface area (Å²) in [6.45, 7) is 10.3. The first kappa shape index (κ1) is 15.5. The van der Waals surface area contributed by atoms with Crippen molar-refractivity contribution in [3.8, 4) is 11.6 Å². The number of pyridine rings is 1. The Morgan fingerprint density at radius 3 is 2.43 bits per heavy atom. The molecule has 112 valence electrons. The van der Waals surface area contributed by atoms with Crippen molar-refractivity contribution in [2.45, 2.75) is 47.1 Å². The fourth-order valence-electron chi connectivity index (χ4n) is 2.42. The molecule has 1 unspecified atom stereocenters. The zero-order valence-electron chi connectivity index (χ0n) is 13.5.